The number of hydrogen-bond donors (Lipinski definition) is 0. The van der Waals surface area contributed by atoms with Crippen LogP contribution in [0.4, 0.5) is 20.4 Å². The molecule has 0 amide bonds. The van der Waals surface area contributed by atoms with E-state index in [1.54, 1.807) is 6.92 Å². The molecule has 0 N–H and O–H groups in total. The average Bonchev–Trinajstić information content (AvgIpc) is 2.87. The fourth-order valence-electron chi connectivity index (χ4n) is 7.55. The van der Waals surface area contributed by atoms with Crippen molar-refractivity contribution in [1.29, 1.82) is 0 Å². The maximum atomic E-state index is 13.3. The Labute approximate surface area is 289 Å². The van der Waals surface area contributed by atoms with Gasteiger partial charge < -0.3 is 9.47 Å². The molecule has 2 aromatic carbocycles. The Balaban J connectivity index is 0.000000185. The van der Waals surface area contributed by atoms with Crippen molar-refractivity contribution < 1.29 is 34.7 Å². The van der Waals surface area contributed by atoms with Crippen LogP contribution in [0.15, 0.2) is 48.5 Å². The summed E-state index contributed by atoms with van der Waals surface area (Å²) in [5.74, 6) is -2.10. The molecular weight excluding hydrogens is 680 g/mol. The topological polar surface area (TPSA) is 38.8 Å². The zero-order chi connectivity index (χ0) is 35.3. The molecule has 4 bridgehead atoms. The second-order valence-electron chi connectivity index (χ2n) is 13.8. The Morgan fingerprint density at radius 2 is 1.13 bits per heavy atom. The summed E-state index contributed by atoms with van der Waals surface area (Å²) < 4.78 is 73.1. The summed E-state index contributed by atoms with van der Waals surface area (Å²) >= 11 is 4.39. The molecule has 0 unspecified atom stereocenters. The molecule has 0 spiro atoms. The lowest BCUT2D eigenvalue weighted by Crippen LogP contribution is -2.70. The van der Waals surface area contributed by atoms with Crippen molar-refractivity contribution in [2.75, 3.05) is 45.9 Å². The summed E-state index contributed by atoms with van der Waals surface area (Å²) in [6, 6.07) is 17.2. The van der Waals surface area contributed by atoms with Crippen molar-refractivity contribution in [1.82, 2.24) is 4.31 Å². The molecule has 0 aliphatic heterocycles. The number of rotatable bonds is 11. The third-order valence-corrected chi connectivity index (χ3v) is 11.4. The highest BCUT2D eigenvalue weighted by atomic mass is 35.5. The van der Waals surface area contributed by atoms with Crippen molar-refractivity contribution in [3.63, 3.8) is 0 Å². The largest absolute Gasteiger partial charge is 0.383 e. The lowest BCUT2D eigenvalue weighted by molar-refractivity contribution is -0.272. The summed E-state index contributed by atoms with van der Waals surface area (Å²) in [6.45, 7) is 6.89. The Kier molecular flexibility index (Phi) is 13.3. The van der Waals surface area contributed by atoms with Gasteiger partial charge in [-0.15, -0.1) is 34.9 Å². The minimum absolute atomic E-state index is 0.0796. The highest BCUT2D eigenvalue weighted by Gasteiger charge is 2.76. The second kappa shape index (κ2) is 15.6. The quantitative estimate of drug-likeness (QED) is 0.171. The van der Waals surface area contributed by atoms with Crippen LogP contribution in [0.3, 0.4) is 0 Å². The molecule has 266 valence electrons. The standard InChI is InChI=1S/C14H16F2.C14H16O.C6H14F3NO2S.CH2Cl2/c1-10-3-5-11(6-4-10)13-7-14(8-13,9-13)12(2,15)16;1-10-3-5-12(6-4-10)14-7-13(8-14,9-14)11(2)15;1-11-5-3-10(4-6-12-2)13(7,8)9;2-1-3/h3-6H,7-9H2,1-2H3;3-6H,7-9H2,1-2H3;3-6H2,1-2H3;1H2. The molecule has 47 heavy (non-hydrogen) atoms. The van der Waals surface area contributed by atoms with E-state index >= 15 is 0 Å². The van der Waals surface area contributed by atoms with Crippen LogP contribution in [0.1, 0.15) is 74.6 Å². The van der Waals surface area contributed by atoms with Gasteiger partial charge in [-0.25, -0.2) is 8.78 Å². The van der Waals surface area contributed by atoms with Crippen LogP contribution in [-0.4, -0.2) is 61.9 Å². The van der Waals surface area contributed by atoms with Crippen LogP contribution in [0.5, 0.6) is 0 Å². The summed E-state index contributed by atoms with van der Waals surface area (Å²) in [5.41, 5.74) is 5.12. The maximum absolute atomic E-state index is 13.3. The first kappa shape index (κ1) is 40.0. The number of halogens is 7. The summed E-state index contributed by atoms with van der Waals surface area (Å²) in [5, 5.41) is 0.194. The molecule has 6 aliphatic rings. The van der Waals surface area contributed by atoms with Crippen molar-refractivity contribution in [2.45, 2.75) is 83.0 Å². The van der Waals surface area contributed by atoms with Crippen LogP contribution < -0.4 is 0 Å². The number of methoxy groups -OCH3 is 2. The van der Waals surface area contributed by atoms with Crippen molar-refractivity contribution in [3.05, 3.63) is 70.8 Å². The van der Waals surface area contributed by atoms with Crippen LogP contribution in [0.25, 0.3) is 0 Å². The fraction of sp³-hybridized carbons (Fsp3) is 0.629. The summed E-state index contributed by atoms with van der Waals surface area (Å²) in [7, 11) is 2.75. The predicted octanol–water partition coefficient (Wildman–Crippen LogP) is 10.5. The maximum Gasteiger partial charge on any atom is 0.278 e. The number of benzene rings is 2. The van der Waals surface area contributed by atoms with Gasteiger partial charge in [0, 0.05) is 38.1 Å². The smallest absolute Gasteiger partial charge is 0.278 e. The molecule has 0 saturated heterocycles. The Morgan fingerprint density at radius 3 is 1.40 bits per heavy atom. The first-order chi connectivity index (χ1) is 21.9. The summed E-state index contributed by atoms with van der Waals surface area (Å²) in [6.07, 6.45) is 5.31. The van der Waals surface area contributed by atoms with E-state index in [9.17, 15) is 25.2 Å². The Bertz CT molecular complexity index is 1270. The summed E-state index contributed by atoms with van der Waals surface area (Å²) in [4.78, 5) is 11.4. The van der Waals surface area contributed by atoms with E-state index < -0.39 is 22.7 Å². The van der Waals surface area contributed by atoms with Crippen LogP contribution in [-0.2, 0) is 25.1 Å². The van der Waals surface area contributed by atoms with E-state index in [-0.39, 0.29) is 42.5 Å². The minimum atomic E-state index is -5.14. The highest BCUT2D eigenvalue weighted by molar-refractivity contribution is 8.18. The van der Waals surface area contributed by atoms with E-state index in [0.717, 1.165) is 26.2 Å². The average molecular weight is 729 g/mol. The van der Waals surface area contributed by atoms with Crippen LogP contribution >= 0.6 is 34.6 Å². The normalized spacial score (nSPS) is 28.3. The number of Topliss-reactive ketones (excluding diaryl/α,β-unsaturated/α-hetero) is 1. The third kappa shape index (κ3) is 8.84. The molecule has 2 aromatic rings. The molecule has 0 aromatic heterocycles. The number of ketones is 1. The number of ether oxygens (including phenoxy) is 2. The monoisotopic (exact) mass is 727 g/mol. The number of carbonyl (C=O) groups is 1. The number of hydrogen-bond acceptors (Lipinski definition) is 4. The molecule has 6 aliphatic carbocycles. The Hall–Kier alpha value is -1.43. The number of nitrogens with zero attached hydrogens (tertiary/aromatic N) is 1. The fourth-order valence-corrected chi connectivity index (χ4v) is 8.11. The van der Waals surface area contributed by atoms with Gasteiger partial charge in [0.1, 0.15) is 5.78 Å². The molecular formula is C35H48Cl2F5NO3S. The first-order valence-electron chi connectivity index (χ1n) is 15.7. The predicted molar refractivity (Wildman–Crippen MR) is 182 cm³/mol. The molecule has 12 heteroatoms. The van der Waals surface area contributed by atoms with E-state index in [1.807, 2.05) is 6.92 Å². The van der Waals surface area contributed by atoms with E-state index in [4.69, 9.17) is 23.2 Å². The van der Waals surface area contributed by atoms with Gasteiger partial charge in [0.25, 0.3) is 17.3 Å². The highest BCUT2D eigenvalue weighted by Crippen LogP contribution is 2.78. The van der Waals surface area contributed by atoms with Gasteiger partial charge in [-0.3, -0.25) is 4.79 Å². The van der Waals surface area contributed by atoms with Gasteiger partial charge >= 0.3 is 0 Å². The molecule has 0 heterocycles. The Morgan fingerprint density at radius 1 is 0.787 bits per heavy atom. The van der Waals surface area contributed by atoms with Crippen molar-refractivity contribution >= 4 is 40.4 Å². The van der Waals surface area contributed by atoms with Gasteiger partial charge in [-0.2, -0.15) is 4.31 Å². The van der Waals surface area contributed by atoms with E-state index in [1.165, 1.54) is 36.5 Å². The first-order valence-corrected chi connectivity index (χ1v) is 18.0. The molecule has 0 atom stereocenters. The van der Waals surface area contributed by atoms with Gasteiger partial charge in [0.05, 0.1) is 18.6 Å². The second-order valence-corrected chi connectivity index (χ2v) is 15.8. The van der Waals surface area contributed by atoms with E-state index in [0.29, 0.717) is 34.8 Å². The number of alkyl halides is 4. The van der Waals surface area contributed by atoms with E-state index in [2.05, 4.69) is 64.9 Å². The molecule has 0 radical (unpaired) electrons. The lowest BCUT2D eigenvalue weighted by Gasteiger charge is -2.72. The number of aryl methyl sites for hydroxylation is 2. The zero-order valence-electron chi connectivity index (χ0n) is 28.1. The minimum Gasteiger partial charge on any atom is -0.383 e. The SMILES string of the molecule is CC(=O)C12CC(c3ccc(C)cc3)(C1)C2.COCCN(CCOC)S(F)(F)F.Cc1ccc(C23CC(C(C)(F)F)(C2)C3)cc1.ClCCl. The van der Waals surface area contributed by atoms with Gasteiger partial charge in [-0.05, 0) is 88.2 Å². The van der Waals surface area contributed by atoms with Gasteiger partial charge in [-0.1, -0.05) is 59.7 Å². The molecule has 6 saturated carbocycles. The zero-order valence-corrected chi connectivity index (χ0v) is 30.5. The van der Waals surface area contributed by atoms with Crippen molar-refractivity contribution in [3.8, 4) is 0 Å². The third-order valence-electron chi connectivity index (χ3n) is 10.4. The molecule has 4 nitrogen and oxygen atoms in total. The lowest BCUT2D eigenvalue weighted by atomic mass is 9.32. The molecule has 8 rings (SSSR count). The number of carbonyl (C=O) groups excluding carboxylic acids is 1. The van der Waals surface area contributed by atoms with Gasteiger partial charge in [0.2, 0.25) is 0 Å². The van der Waals surface area contributed by atoms with Crippen LogP contribution in [0.2, 0.25) is 0 Å². The molecule has 6 fully saturated rings. The van der Waals surface area contributed by atoms with Gasteiger partial charge in [0.15, 0.2) is 0 Å². The van der Waals surface area contributed by atoms with Crippen molar-refractivity contribution in [2.24, 2.45) is 10.8 Å². The van der Waals surface area contributed by atoms with Crippen LogP contribution in [0, 0.1) is 24.7 Å².